The van der Waals surface area contributed by atoms with Crippen molar-refractivity contribution in [3.05, 3.63) is 64.7 Å². The number of aryl methyl sites for hydroxylation is 1. The van der Waals surface area contributed by atoms with E-state index >= 15 is 0 Å². The summed E-state index contributed by atoms with van der Waals surface area (Å²) in [6.07, 6.45) is 1.36. The van der Waals surface area contributed by atoms with Crippen LogP contribution >= 0.6 is 0 Å². The van der Waals surface area contributed by atoms with E-state index < -0.39 is 0 Å². The molecule has 3 nitrogen and oxygen atoms in total. The number of carbonyl (C=O) groups is 1. The summed E-state index contributed by atoms with van der Waals surface area (Å²) in [6.45, 7) is 3.46. The summed E-state index contributed by atoms with van der Waals surface area (Å²) in [5.74, 6) is 0.179. The second-order valence-corrected chi connectivity index (χ2v) is 5.65. The van der Waals surface area contributed by atoms with E-state index in [-0.39, 0.29) is 5.91 Å². The number of anilines is 1. The second kappa shape index (κ2) is 5.60. The van der Waals surface area contributed by atoms with Crippen molar-refractivity contribution in [1.29, 1.82) is 0 Å². The lowest BCUT2D eigenvalue weighted by atomic mass is 9.97. The molecule has 0 fully saturated rings. The van der Waals surface area contributed by atoms with Gasteiger partial charge in [0, 0.05) is 18.8 Å². The predicted octanol–water partition coefficient (Wildman–Crippen LogP) is 2.70. The third-order valence-corrected chi connectivity index (χ3v) is 4.26. The average Bonchev–Trinajstić information content (AvgIpc) is 2.50. The normalized spacial score (nSPS) is 13.9. The quantitative estimate of drug-likeness (QED) is 0.860. The van der Waals surface area contributed by atoms with E-state index in [0.717, 1.165) is 29.8 Å². The number of amides is 1. The molecule has 21 heavy (non-hydrogen) atoms. The van der Waals surface area contributed by atoms with Crippen molar-refractivity contribution in [2.75, 3.05) is 12.3 Å². The molecule has 0 unspecified atom stereocenters. The van der Waals surface area contributed by atoms with E-state index in [9.17, 15) is 4.79 Å². The van der Waals surface area contributed by atoms with Gasteiger partial charge in [0.15, 0.2) is 0 Å². The number of fused-ring (bicyclic) bond motifs is 1. The Labute approximate surface area is 125 Å². The van der Waals surface area contributed by atoms with Crippen molar-refractivity contribution in [1.82, 2.24) is 4.90 Å². The highest BCUT2D eigenvalue weighted by molar-refractivity contribution is 5.79. The van der Waals surface area contributed by atoms with Gasteiger partial charge in [-0.3, -0.25) is 4.79 Å². The average molecular weight is 280 g/mol. The van der Waals surface area contributed by atoms with Crippen LogP contribution < -0.4 is 5.73 Å². The number of hydrogen-bond donors (Lipinski definition) is 1. The second-order valence-electron chi connectivity index (χ2n) is 5.65. The minimum absolute atomic E-state index is 0.179. The monoisotopic (exact) mass is 280 g/mol. The van der Waals surface area contributed by atoms with Gasteiger partial charge in [-0.1, -0.05) is 36.4 Å². The molecular weight excluding hydrogens is 260 g/mol. The van der Waals surface area contributed by atoms with Gasteiger partial charge in [-0.15, -0.1) is 0 Å². The number of hydrogen-bond acceptors (Lipinski definition) is 2. The lowest BCUT2D eigenvalue weighted by molar-refractivity contribution is -0.131. The number of carbonyl (C=O) groups excluding carboxylic acids is 1. The third-order valence-electron chi connectivity index (χ3n) is 4.26. The Kier molecular flexibility index (Phi) is 3.65. The zero-order valence-corrected chi connectivity index (χ0v) is 12.3. The van der Waals surface area contributed by atoms with Crippen molar-refractivity contribution in [2.24, 2.45) is 0 Å². The van der Waals surface area contributed by atoms with Crippen LogP contribution in [0.3, 0.4) is 0 Å². The first-order chi connectivity index (χ1) is 10.1. The van der Waals surface area contributed by atoms with Gasteiger partial charge in [0.2, 0.25) is 5.91 Å². The highest BCUT2D eigenvalue weighted by atomic mass is 16.2. The van der Waals surface area contributed by atoms with E-state index in [2.05, 4.69) is 6.07 Å². The van der Waals surface area contributed by atoms with Gasteiger partial charge in [0.1, 0.15) is 0 Å². The molecule has 0 spiro atoms. The maximum Gasteiger partial charge on any atom is 0.227 e. The van der Waals surface area contributed by atoms with Gasteiger partial charge in [0.05, 0.1) is 6.42 Å². The van der Waals surface area contributed by atoms with Gasteiger partial charge in [0.25, 0.3) is 0 Å². The Hall–Kier alpha value is -2.29. The molecule has 3 rings (SSSR count). The standard InChI is InChI=1S/C18H20N2O/c1-13-5-2-3-6-15(13)11-18(21)20-10-9-14-7-4-8-17(19)16(14)12-20/h2-8H,9-12,19H2,1H3. The number of nitrogens with zero attached hydrogens (tertiary/aromatic N) is 1. The molecule has 2 aromatic rings. The van der Waals surface area contributed by atoms with Crippen molar-refractivity contribution < 1.29 is 4.79 Å². The van der Waals surface area contributed by atoms with Crippen LogP contribution in [-0.2, 0) is 24.2 Å². The first-order valence-electron chi connectivity index (χ1n) is 7.33. The van der Waals surface area contributed by atoms with Crippen LogP contribution in [0.15, 0.2) is 42.5 Å². The van der Waals surface area contributed by atoms with Gasteiger partial charge < -0.3 is 10.6 Å². The number of rotatable bonds is 2. The maximum atomic E-state index is 12.5. The number of nitrogens with two attached hydrogens (primary N) is 1. The fraction of sp³-hybridized carbons (Fsp3) is 0.278. The summed E-state index contributed by atoms with van der Waals surface area (Å²) in [6, 6.07) is 14.1. The molecule has 0 saturated heterocycles. The summed E-state index contributed by atoms with van der Waals surface area (Å²) in [4.78, 5) is 14.4. The van der Waals surface area contributed by atoms with Crippen LogP contribution in [0.4, 0.5) is 5.69 Å². The molecule has 1 aliphatic heterocycles. The zero-order chi connectivity index (χ0) is 14.8. The lowest BCUT2D eigenvalue weighted by Gasteiger charge is -2.30. The summed E-state index contributed by atoms with van der Waals surface area (Å²) in [5, 5.41) is 0. The van der Waals surface area contributed by atoms with Gasteiger partial charge >= 0.3 is 0 Å². The van der Waals surface area contributed by atoms with Gasteiger partial charge in [-0.25, -0.2) is 0 Å². The van der Waals surface area contributed by atoms with Crippen LogP contribution in [0.1, 0.15) is 22.3 Å². The van der Waals surface area contributed by atoms with Crippen LogP contribution in [0, 0.1) is 6.92 Å². The topological polar surface area (TPSA) is 46.3 Å². The minimum Gasteiger partial charge on any atom is -0.398 e. The number of nitrogen functional groups attached to an aromatic ring is 1. The highest BCUT2D eigenvalue weighted by Crippen LogP contribution is 2.24. The summed E-state index contributed by atoms with van der Waals surface area (Å²) in [5.41, 5.74) is 11.5. The smallest absolute Gasteiger partial charge is 0.227 e. The summed E-state index contributed by atoms with van der Waals surface area (Å²) < 4.78 is 0. The Morgan fingerprint density at radius 1 is 1.19 bits per heavy atom. The predicted molar refractivity (Wildman–Crippen MR) is 84.9 cm³/mol. The molecule has 1 heterocycles. The van der Waals surface area contributed by atoms with Gasteiger partial charge in [-0.2, -0.15) is 0 Å². The van der Waals surface area contributed by atoms with Gasteiger partial charge in [-0.05, 0) is 41.7 Å². The van der Waals surface area contributed by atoms with E-state index in [1.165, 1.54) is 11.1 Å². The summed E-state index contributed by atoms with van der Waals surface area (Å²) >= 11 is 0. The van der Waals surface area contributed by atoms with E-state index in [1.807, 2.05) is 48.2 Å². The van der Waals surface area contributed by atoms with Crippen LogP contribution in [0.25, 0.3) is 0 Å². The van der Waals surface area contributed by atoms with Crippen molar-refractivity contribution in [3.63, 3.8) is 0 Å². The molecule has 0 saturated carbocycles. The molecule has 1 aliphatic rings. The highest BCUT2D eigenvalue weighted by Gasteiger charge is 2.22. The van der Waals surface area contributed by atoms with E-state index in [4.69, 9.17) is 5.73 Å². The molecule has 2 aromatic carbocycles. The fourth-order valence-corrected chi connectivity index (χ4v) is 2.90. The molecule has 3 heteroatoms. The molecule has 0 radical (unpaired) electrons. The molecule has 2 N–H and O–H groups in total. The third kappa shape index (κ3) is 2.77. The molecular formula is C18H20N2O. The lowest BCUT2D eigenvalue weighted by Crippen LogP contribution is -2.37. The molecule has 0 atom stereocenters. The molecule has 1 amide bonds. The van der Waals surface area contributed by atoms with E-state index in [0.29, 0.717) is 13.0 Å². The van der Waals surface area contributed by atoms with E-state index in [1.54, 1.807) is 0 Å². The van der Waals surface area contributed by atoms with Crippen LogP contribution in [-0.4, -0.2) is 17.4 Å². The summed E-state index contributed by atoms with van der Waals surface area (Å²) in [7, 11) is 0. The fourth-order valence-electron chi connectivity index (χ4n) is 2.90. The first kappa shape index (κ1) is 13.7. The molecule has 108 valence electrons. The van der Waals surface area contributed by atoms with Crippen LogP contribution in [0.2, 0.25) is 0 Å². The Bertz CT molecular complexity index is 679. The molecule has 0 aromatic heterocycles. The van der Waals surface area contributed by atoms with Crippen molar-refractivity contribution >= 4 is 11.6 Å². The molecule has 0 bridgehead atoms. The number of benzene rings is 2. The molecule has 0 aliphatic carbocycles. The Morgan fingerprint density at radius 2 is 2.00 bits per heavy atom. The first-order valence-corrected chi connectivity index (χ1v) is 7.33. The van der Waals surface area contributed by atoms with Crippen LogP contribution in [0.5, 0.6) is 0 Å². The Morgan fingerprint density at radius 3 is 2.81 bits per heavy atom. The largest absolute Gasteiger partial charge is 0.398 e. The Balaban J connectivity index is 1.76. The van der Waals surface area contributed by atoms with Crippen molar-refractivity contribution in [3.8, 4) is 0 Å². The minimum atomic E-state index is 0.179. The SMILES string of the molecule is Cc1ccccc1CC(=O)N1CCc2cccc(N)c2C1. The van der Waals surface area contributed by atoms with Crippen molar-refractivity contribution in [2.45, 2.75) is 26.3 Å². The maximum absolute atomic E-state index is 12.5. The zero-order valence-electron chi connectivity index (χ0n) is 12.3.